The normalized spacial score (nSPS) is 20.1. The maximum Gasteiger partial charge on any atom is 0.267 e. The molecule has 1 aromatic rings. The van der Waals surface area contributed by atoms with Gasteiger partial charge in [0.05, 0.1) is 16.2 Å². The molecule has 1 aromatic carbocycles. The Morgan fingerprint density at radius 1 is 1.21 bits per heavy atom. The molecule has 0 bridgehead atoms. The van der Waals surface area contributed by atoms with Gasteiger partial charge in [-0.15, -0.1) is 0 Å². The molecule has 2 heterocycles. The Morgan fingerprint density at radius 3 is 2.58 bits per heavy atom. The summed E-state index contributed by atoms with van der Waals surface area (Å²) < 4.78 is 0.447. The van der Waals surface area contributed by atoms with Crippen molar-refractivity contribution in [1.29, 1.82) is 0 Å². The maximum atomic E-state index is 12.8. The molecule has 2 aliphatic heterocycles. The van der Waals surface area contributed by atoms with E-state index in [1.807, 2.05) is 6.92 Å². The van der Waals surface area contributed by atoms with Gasteiger partial charge in [0.15, 0.2) is 0 Å². The number of nitrogens with zero attached hydrogens (tertiary/aromatic N) is 2. The van der Waals surface area contributed by atoms with Crippen LogP contribution in [0.15, 0.2) is 29.2 Å². The van der Waals surface area contributed by atoms with Crippen LogP contribution < -0.4 is 10.6 Å². The van der Waals surface area contributed by atoms with E-state index in [-0.39, 0.29) is 12.5 Å². The standard InChI is InChI=1S/C16H15N3O3S2/c1-2-7-18-15(22)13(24-16(18)23)12-9-5-3-4-6-10(9)19(14(12)21)8-11(17)20/h3-6H,2,7-8H2,1H3,(H2,17,20)/b13-12+. The van der Waals surface area contributed by atoms with Crippen molar-refractivity contribution in [3.05, 3.63) is 34.7 Å². The highest BCUT2D eigenvalue weighted by molar-refractivity contribution is 8.26. The van der Waals surface area contributed by atoms with Crippen LogP contribution >= 0.6 is 24.0 Å². The van der Waals surface area contributed by atoms with E-state index in [1.165, 1.54) is 9.80 Å². The Morgan fingerprint density at radius 2 is 1.92 bits per heavy atom. The fourth-order valence-corrected chi connectivity index (χ4v) is 4.16. The summed E-state index contributed by atoms with van der Waals surface area (Å²) in [6.07, 6.45) is 0.771. The van der Waals surface area contributed by atoms with Crippen LogP contribution in [0.3, 0.4) is 0 Å². The summed E-state index contributed by atoms with van der Waals surface area (Å²) >= 11 is 6.40. The Kier molecular flexibility index (Phi) is 4.42. The second-order valence-electron chi connectivity index (χ2n) is 5.40. The van der Waals surface area contributed by atoms with Gasteiger partial charge in [-0.3, -0.25) is 24.2 Å². The molecule has 6 nitrogen and oxygen atoms in total. The summed E-state index contributed by atoms with van der Waals surface area (Å²) in [4.78, 5) is 39.9. The lowest BCUT2D eigenvalue weighted by atomic mass is 10.1. The molecule has 3 rings (SSSR count). The first-order valence-electron chi connectivity index (χ1n) is 7.43. The second-order valence-corrected chi connectivity index (χ2v) is 7.05. The molecule has 24 heavy (non-hydrogen) atoms. The lowest BCUT2D eigenvalue weighted by molar-refractivity contribution is -0.122. The number of thioether (sulfide) groups is 1. The quantitative estimate of drug-likeness (QED) is 0.649. The van der Waals surface area contributed by atoms with Crippen molar-refractivity contribution in [3.63, 3.8) is 0 Å². The molecule has 3 amide bonds. The van der Waals surface area contributed by atoms with Gasteiger partial charge < -0.3 is 5.73 Å². The van der Waals surface area contributed by atoms with E-state index < -0.39 is 11.8 Å². The van der Waals surface area contributed by atoms with Gasteiger partial charge in [0.1, 0.15) is 10.9 Å². The summed E-state index contributed by atoms with van der Waals surface area (Å²) in [7, 11) is 0. The number of hydrogen-bond acceptors (Lipinski definition) is 5. The molecule has 0 spiro atoms. The third-order valence-corrected chi connectivity index (χ3v) is 5.21. The van der Waals surface area contributed by atoms with E-state index >= 15 is 0 Å². The van der Waals surface area contributed by atoms with Crippen molar-refractivity contribution in [2.45, 2.75) is 13.3 Å². The number of carbonyl (C=O) groups is 3. The van der Waals surface area contributed by atoms with E-state index in [9.17, 15) is 14.4 Å². The first kappa shape index (κ1) is 16.7. The number of thiocarbonyl (C=S) groups is 1. The molecule has 2 N–H and O–H groups in total. The highest BCUT2D eigenvalue weighted by atomic mass is 32.2. The van der Waals surface area contributed by atoms with Crippen molar-refractivity contribution in [2.75, 3.05) is 18.0 Å². The minimum absolute atomic E-state index is 0.228. The number of para-hydroxylation sites is 1. The first-order chi connectivity index (χ1) is 11.5. The van der Waals surface area contributed by atoms with Gasteiger partial charge in [-0.2, -0.15) is 0 Å². The molecule has 8 heteroatoms. The number of benzene rings is 1. The molecule has 0 atom stereocenters. The van der Waals surface area contributed by atoms with E-state index in [2.05, 4.69) is 0 Å². The van der Waals surface area contributed by atoms with Gasteiger partial charge in [-0.1, -0.05) is 49.1 Å². The minimum atomic E-state index is -0.613. The third kappa shape index (κ3) is 2.61. The predicted molar refractivity (Wildman–Crippen MR) is 97.1 cm³/mol. The van der Waals surface area contributed by atoms with Crippen molar-refractivity contribution in [3.8, 4) is 0 Å². The lowest BCUT2D eigenvalue weighted by Crippen LogP contribution is -2.36. The summed E-state index contributed by atoms with van der Waals surface area (Å²) in [5.41, 5.74) is 6.75. The van der Waals surface area contributed by atoms with Gasteiger partial charge in [0, 0.05) is 12.1 Å². The molecule has 124 valence electrons. The van der Waals surface area contributed by atoms with Crippen LogP contribution in [0.4, 0.5) is 5.69 Å². The Labute approximate surface area is 148 Å². The van der Waals surface area contributed by atoms with E-state index in [1.54, 1.807) is 24.3 Å². The summed E-state index contributed by atoms with van der Waals surface area (Å²) in [6.45, 7) is 2.24. The zero-order valence-corrected chi connectivity index (χ0v) is 14.6. The maximum absolute atomic E-state index is 12.8. The number of fused-ring (bicyclic) bond motifs is 1. The van der Waals surface area contributed by atoms with Crippen molar-refractivity contribution in [2.24, 2.45) is 5.73 Å². The number of anilines is 1. The molecule has 2 aliphatic rings. The highest BCUT2D eigenvalue weighted by Crippen LogP contribution is 2.44. The predicted octanol–water partition coefficient (Wildman–Crippen LogP) is 1.50. The monoisotopic (exact) mass is 361 g/mol. The van der Waals surface area contributed by atoms with Crippen LogP contribution in [-0.4, -0.2) is 40.0 Å². The third-order valence-electron chi connectivity index (χ3n) is 3.76. The average molecular weight is 361 g/mol. The van der Waals surface area contributed by atoms with Gasteiger partial charge in [0.2, 0.25) is 5.91 Å². The molecule has 1 fully saturated rings. The van der Waals surface area contributed by atoms with Gasteiger partial charge in [-0.25, -0.2) is 0 Å². The molecule has 0 radical (unpaired) electrons. The largest absolute Gasteiger partial charge is 0.368 e. The van der Waals surface area contributed by atoms with E-state index in [0.29, 0.717) is 32.6 Å². The van der Waals surface area contributed by atoms with Crippen molar-refractivity contribution < 1.29 is 14.4 Å². The lowest BCUT2D eigenvalue weighted by Gasteiger charge is -2.14. The summed E-state index contributed by atoms with van der Waals surface area (Å²) in [6, 6.07) is 7.05. The number of hydrogen-bond donors (Lipinski definition) is 1. The van der Waals surface area contributed by atoms with E-state index in [4.69, 9.17) is 18.0 Å². The Balaban J connectivity index is 2.12. The van der Waals surface area contributed by atoms with Crippen LogP contribution in [0.1, 0.15) is 18.9 Å². The Hall–Kier alpha value is -2.19. The number of nitrogens with two attached hydrogens (primary N) is 1. The molecular weight excluding hydrogens is 346 g/mol. The van der Waals surface area contributed by atoms with Crippen LogP contribution in [0.5, 0.6) is 0 Å². The Bertz CT molecular complexity index is 804. The highest BCUT2D eigenvalue weighted by Gasteiger charge is 2.41. The zero-order valence-electron chi connectivity index (χ0n) is 12.9. The SMILES string of the molecule is CCCN1C(=O)/C(=C2\C(=O)N(CC(N)=O)c3ccccc32)SC1=S. The van der Waals surface area contributed by atoms with Crippen LogP contribution in [0, 0.1) is 0 Å². The fourth-order valence-electron chi connectivity index (χ4n) is 2.78. The van der Waals surface area contributed by atoms with Crippen LogP contribution in [0.2, 0.25) is 0 Å². The molecule has 0 aromatic heterocycles. The van der Waals surface area contributed by atoms with Crippen molar-refractivity contribution in [1.82, 2.24) is 4.90 Å². The topological polar surface area (TPSA) is 83.7 Å². The van der Waals surface area contributed by atoms with Crippen molar-refractivity contribution >= 4 is 57.3 Å². The zero-order chi connectivity index (χ0) is 17.4. The molecular formula is C16H15N3O3S2. The molecule has 1 saturated heterocycles. The minimum Gasteiger partial charge on any atom is -0.368 e. The van der Waals surface area contributed by atoms with Crippen LogP contribution in [-0.2, 0) is 14.4 Å². The number of carbonyl (C=O) groups excluding carboxylic acids is 3. The first-order valence-corrected chi connectivity index (χ1v) is 8.65. The van der Waals surface area contributed by atoms with E-state index in [0.717, 1.165) is 18.2 Å². The number of rotatable bonds is 4. The molecule has 0 aliphatic carbocycles. The fraction of sp³-hybridized carbons (Fsp3) is 0.250. The second kappa shape index (κ2) is 6.37. The van der Waals surface area contributed by atoms with Gasteiger partial charge >= 0.3 is 0 Å². The number of primary amides is 1. The van der Waals surface area contributed by atoms with Gasteiger partial charge in [0.25, 0.3) is 11.8 Å². The summed E-state index contributed by atoms with van der Waals surface area (Å²) in [5, 5.41) is 0. The molecule has 0 unspecified atom stereocenters. The number of amides is 3. The smallest absolute Gasteiger partial charge is 0.267 e. The average Bonchev–Trinajstić information content (AvgIpc) is 2.96. The summed E-state index contributed by atoms with van der Waals surface area (Å²) in [5.74, 6) is -1.27. The van der Waals surface area contributed by atoms with Gasteiger partial charge in [-0.05, 0) is 12.5 Å². The van der Waals surface area contributed by atoms with Crippen LogP contribution in [0.25, 0.3) is 5.57 Å². The molecule has 0 saturated carbocycles.